The van der Waals surface area contributed by atoms with E-state index in [0.29, 0.717) is 11.7 Å². The molecular formula is C14H12N4O2. The number of carbonyl (C=O) groups excluding carboxylic acids is 1. The molecule has 20 heavy (non-hydrogen) atoms. The Bertz CT molecular complexity index is 724. The molecule has 1 N–H and O–H groups in total. The van der Waals surface area contributed by atoms with Gasteiger partial charge in [0.15, 0.2) is 12.3 Å². The van der Waals surface area contributed by atoms with Crippen LogP contribution < -0.4 is 10.1 Å². The molecule has 0 aliphatic rings. The first kappa shape index (κ1) is 12.2. The molecule has 0 atom stereocenters. The molecule has 3 aromatic rings. The number of nitrogens with zero attached hydrogens (tertiary/aromatic N) is 3. The van der Waals surface area contributed by atoms with Crippen LogP contribution in [-0.4, -0.2) is 27.1 Å². The molecule has 3 rings (SSSR count). The number of ether oxygens (including phenoxy) is 1. The second-order valence-electron chi connectivity index (χ2n) is 4.11. The van der Waals surface area contributed by atoms with Gasteiger partial charge >= 0.3 is 6.01 Å². The van der Waals surface area contributed by atoms with E-state index in [4.69, 9.17) is 4.74 Å². The number of rotatable bonds is 4. The Kier molecular flexibility index (Phi) is 3.28. The van der Waals surface area contributed by atoms with Crippen molar-refractivity contribution < 1.29 is 9.53 Å². The largest absolute Gasteiger partial charge is 0.453 e. The van der Waals surface area contributed by atoms with Gasteiger partial charge in [0.25, 0.3) is 5.91 Å². The quantitative estimate of drug-likeness (QED) is 0.782. The number of nitrogens with one attached hydrogen (secondary N) is 1. The number of para-hydroxylation sites is 1. The van der Waals surface area contributed by atoms with Crippen LogP contribution in [0.3, 0.4) is 0 Å². The van der Waals surface area contributed by atoms with E-state index in [1.807, 2.05) is 48.5 Å². The van der Waals surface area contributed by atoms with E-state index in [1.54, 1.807) is 10.6 Å². The van der Waals surface area contributed by atoms with E-state index in [2.05, 4.69) is 15.5 Å². The van der Waals surface area contributed by atoms with Crippen LogP contribution in [0.2, 0.25) is 0 Å². The van der Waals surface area contributed by atoms with Crippen LogP contribution in [-0.2, 0) is 4.79 Å². The highest BCUT2D eigenvalue weighted by Gasteiger charge is 2.08. The standard InChI is InChI=1S/C14H12N4O2/c19-13(15-11-6-2-1-3-7-11)10-20-14-17-16-12-8-4-5-9-18(12)14/h1-9H,10H2,(H,15,19). The van der Waals surface area contributed by atoms with Gasteiger partial charge in [-0.15, -0.1) is 5.10 Å². The lowest BCUT2D eigenvalue weighted by Gasteiger charge is -2.05. The Morgan fingerprint density at radius 3 is 2.75 bits per heavy atom. The second-order valence-corrected chi connectivity index (χ2v) is 4.11. The maximum absolute atomic E-state index is 11.8. The summed E-state index contributed by atoms with van der Waals surface area (Å²) in [5.41, 5.74) is 1.40. The number of aromatic nitrogens is 3. The number of hydrogen-bond acceptors (Lipinski definition) is 4. The third-order valence-electron chi connectivity index (χ3n) is 2.67. The molecule has 0 saturated heterocycles. The number of anilines is 1. The zero-order valence-corrected chi connectivity index (χ0v) is 10.6. The monoisotopic (exact) mass is 268 g/mol. The predicted octanol–water partition coefficient (Wildman–Crippen LogP) is 1.75. The van der Waals surface area contributed by atoms with E-state index >= 15 is 0 Å². The third kappa shape index (κ3) is 2.59. The summed E-state index contributed by atoms with van der Waals surface area (Å²) < 4.78 is 7.05. The van der Waals surface area contributed by atoms with Gasteiger partial charge in [0, 0.05) is 11.9 Å². The topological polar surface area (TPSA) is 68.5 Å². The minimum absolute atomic E-state index is 0.120. The van der Waals surface area contributed by atoms with Crippen molar-refractivity contribution in [3.8, 4) is 6.01 Å². The van der Waals surface area contributed by atoms with E-state index in [0.717, 1.165) is 5.69 Å². The first-order chi connectivity index (χ1) is 9.83. The molecule has 1 amide bonds. The molecule has 0 aliphatic carbocycles. The number of carbonyl (C=O) groups is 1. The molecule has 2 aromatic heterocycles. The lowest BCUT2D eigenvalue weighted by Crippen LogP contribution is -2.20. The lowest BCUT2D eigenvalue weighted by molar-refractivity contribution is -0.118. The van der Waals surface area contributed by atoms with Crippen LogP contribution in [0.5, 0.6) is 6.01 Å². The first-order valence-electron chi connectivity index (χ1n) is 6.10. The molecule has 0 spiro atoms. The second kappa shape index (κ2) is 5.40. The molecule has 0 saturated carbocycles. The van der Waals surface area contributed by atoms with Crippen molar-refractivity contribution in [3.05, 3.63) is 54.7 Å². The van der Waals surface area contributed by atoms with Crippen molar-refractivity contribution in [1.82, 2.24) is 14.6 Å². The fraction of sp³-hybridized carbons (Fsp3) is 0.0714. The van der Waals surface area contributed by atoms with Gasteiger partial charge in [-0.05, 0) is 24.3 Å². The van der Waals surface area contributed by atoms with Crippen LogP contribution in [0.15, 0.2) is 54.7 Å². The Labute approximate surface area is 115 Å². The number of hydrogen-bond donors (Lipinski definition) is 1. The molecule has 0 aliphatic heterocycles. The molecule has 0 bridgehead atoms. The summed E-state index contributed by atoms with van der Waals surface area (Å²) in [7, 11) is 0. The van der Waals surface area contributed by atoms with Crippen LogP contribution in [0.25, 0.3) is 5.65 Å². The predicted molar refractivity (Wildman–Crippen MR) is 73.6 cm³/mol. The van der Waals surface area contributed by atoms with Crippen molar-refractivity contribution >= 4 is 17.2 Å². The average molecular weight is 268 g/mol. The summed E-state index contributed by atoms with van der Waals surface area (Å²) in [6.45, 7) is -0.120. The smallest absolute Gasteiger partial charge is 0.322 e. The van der Waals surface area contributed by atoms with Crippen LogP contribution in [0, 0.1) is 0 Å². The highest BCUT2D eigenvalue weighted by Crippen LogP contribution is 2.10. The van der Waals surface area contributed by atoms with Crippen molar-refractivity contribution in [2.24, 2.45) is 0 Å². The number of amides is 1. The molecular weight excluding hydrogens is 256 g/mol. The normalized spacial score (nSPS) is 10.4. The van der Waals surface area contributed by atoms with Gasteiger partial charge in [-0.25, -0.2) is 0 Å². The van der Waals surface area contributed by atoms with Gasteiger partial charge in [0.1, 0.15) is 0 Å². The van der Waals surface area contributed by atoms with E-state index < -0.39 is 0 Å². The van der Waals surface area contributed by atoms with Crippen molar-refractivity contribution in [1.29, 1.82) is 0 Å². The maximum Gasteiger partial charge on any atom is 0.322 e. The van der Waals surface area contributed by atoms with Gasteiger partial charge in [-0.3, -0.25) is 9.20 Å². The number of fused-ring (bicyclic) bond motifs is 1. The van der Waals surface area contributed by atoms with Gasteiger partial charge in [-0.1, -0.05) is 29.4 Å². The van der Waals surface area contributed by atoms with Gasteiger partial charge < -0.3 is 10.1 Å². The SMILES string of the molecule is O=C(COc1nnc2ccccn12)Nc1ccccc1. The molecule has 6 nitrogen and oxygen atoms in total. The fourth-order valence-corrected chi connectivity index (χ4v) is 1.77. The first-order valence-corrected chi connectivity index (χ1v) is 6.10. The van der Waals surface area contributed by atoms with Gasteiger partial charge in [0.2, 0.25) is 0 Å². The highest BCUT2D eigenvalue weighted by molar-refractivity contribution is 5.91. The minimum atomic E-state index is -0.246. The summed E-state index contributed by atoms with van der Waals surface area (Å²) in [6, 6.07) is 15.0. The van der Waals surface area contributed by atoms with Crippen LogP contribution >= 0.6 is 0 Å². The Morgan fingerprint density at radius 2 is 1.90 bits per heavy atom. The Balaban J connectivity index is 1.63. The summed E-state index contributed by atoms with van der Waals surface area (Å²) in [5.74, 6) is -0.246. The van der Waals surface area contributed by atoms with Crippen molar-refractivity contribution in [2.75, 3.05) is 11.9 Å². The van der Waals surface area contributed by atoms with Crippen molar-refractivity contribution in [3.63, 3.8) is 0 Å². The molecule has 0 unspecified atom stereocenters. The van der Waals surface area contributed by atoms with E-state index in [1.165, 1.54) is 0 Å². The van der Waals surface area contributed by atoms with E-state index in [-0.39, 0.29) is 12.5 Å². The molecule has 0 radical (unpaired) electrons. The summed E-state index contributed by atoms with van der Waals surface area (Å²) >= 11 is 0. The Morgan fingerprint density at radius 1 is 1.10 bits per heavy atom. The highest BCUT2D eigenvalue weighted by atomic mass is 16.5. The zero-order valence-electron chi connectivity index (χ0n) is 10.6. The average Bonchev–Trinajstić information content (AvgIpc) is 2.89. The maximum atomic E-state index is 11.8. The van der Waals surface area contributed by atoms with Crippen molar-refractivity contribution in [2.45, 2.75) is 0 Å². The molecule has 100 valence electrons. The molecule has 2 heterocycles. The fourth-order valence-electron chi connectivity index (χ4n) is 1.77. The number of benzene rings is 1. The van der Waals surface area contributed by atoms with Crippen LogP contribution in [0.1, 0.15) is 0 Å². The summed E-state index contributed by atoms with van der Waals surface area (Å²) in [5, 5.41) is 10.6. The molecule has 1 aromatic carbocycles. The van der Waals surface area contributed by atoms with Gasteiger partial charge in [0.05, 0.1) is 0 Å². The van der Waals surface area contributed by atoms with Gasteiger partial charge in [-0.2, -0.15) is 0 Å². The van der Waals surface area contributed by atoms with Crippen LogP contribution in [0.4, 0.5) is 5.69 Å². The Hall–Kier alpha value is -2.89. The third-order valence-corrected chi connectivity index (χ3v) is 2.67. The molecule has 0 fully saturated rings. The van der Waals surface area contributed by atoms with E-state index in [9.17, 15) is 4.79 Å². The number of pyridine rings is 1. The summed E-state index contributed by atoms with van der Waals surface area (Å²) in [6.07, 6.45) is 1.78. The summed E-state index contributed by atoms with van der Waals surface area (Å²) in [4.78, 5) is 11.8. The zero-order chi connectivity index (χ0) is 13.8. The molecule has 6 heteroatoms. The minimum Gasteiger partial charge on any atom is -0.453 e. The lowest BCUT2D eigenvalue weighted by atomic mass is 10.3.